The van der Waals surface area contributed by atoms with Crippen LogP contribution in [0, 0.1) is 6.92 Å². The van der Waals surface area contributed by atoms with Crippen LogP contribution in [0.2, 0.25) is 0 Å². The molecule has 0 heterocycles. The van der Waals surface area contributed by atoms with E-state index in [1.165, 1.54) is 0 Å². The van der Waals surface area contributed by atoms with Crippen LogP contribution in [0.25, 0.3) is 0 Å². The van der Waals surface area contributed by atoms with Gasteiger partial charge in [-0.2, -0.15) is 0 Å². The maximum Gasteiger partial charge on any atom is 0.303 e. The minimum absolute atomic E-state index is 0.148. The van der Waals surface area contributed by atoms with Gasteiger partial charge in [0.25, 0.3) is 0 Å². The van der Waals surface area contributed by atoms with Gasteiger partial charge in [-0.05, 0) is 38.4 Å². The van der Waals surface area contributed by atoms with Crippen LogP contribution in [0.4, 0.5) is 0 Å². The second-order valence-electron chi connectivity index (χ2n) is 4.42. The van der Waals surface area contributed by atoms with E-state index in [1.54, 1.807) is 7.11 Å². The minimum atomic E-state index is -0.752. The third-order valence-electron chi connectivity index (χ3n) is 2.87. The van der Waals surface area contributed by atoms with Crippen LogP contribution in [0.5, 0.6) is 5.75 Å². The second-order valence-corrected chi connectivity index (χ2v) is 4.42. The maximum absolute atomic E-state index is 10.4. The van der Waals surface area contributed by atoms with Crippen molar-refractivity contribution >= 4 is 5.97 Å². The molecule has 0 bridgehead atoms. The molecule has 0 aromatic heterocycles. The number of aliphatic carboxylic acids is 1. The van der Waals surface area contributed by atoms with E-state index in [0.717, 1.165) is 16.9 Å². The lowest BCUT2D eigenvalue weighted by Gasteiger charge is -2.17. The summed E-state index contributed by atoms with van der Waals surface area (Å²) in [7, 11) is 1.66. The van der Waals surface area contributed by atoms with E-state index in [2.05, 4.69) is 5.32 Å². The molecule has 1 rings (SSSR count). The van der Waals surface area contributed by atoms with Gasteiger partial charge in [0.05, 0.1) is 7.11 Å². The van der Waals surface area contributed by atoms with Crippen molar-refractivity contribution in [2.75, 3.05) is 13.7 Å². The van der Waals surface area contributed by atoms with Crippen LogP contribution in [0.15, 0.2) is 18.2 Å². The Hall–Kier alpha value is -1.55. The first-order valence-electron chi connectivity index (χ1n) is 6.14. The highest BCUT2D eigenvalue weighted by Gasteiger charge is 2.10. The lowest BCUT2D eigenvalue weighted by Crippen LogP contribution is -2.21. The molecule has 1 unspecified atom stereocenters. The third-order valence-corrected chi connectivity index (χ3v) is 2.87. The highest BCUT2D eigenvalue weighted by Crippen LogP contribution is 2.25. The van der Waals surface area contributed by atoms with Gasteiger partial charge in [0.1, 0.15) is 5.75 Å². The van der Waals surface area contributed by atoms with E-state index < -0.39 is 5.97 Å². The number of carboxylic acid groups (broad SMARTS) is 1. The Kier molecular flexibility index (Phi) is 5.65. The number of methoxy groups -OCH3 is 1. The monoisotopic (exact) mass is 251 g/mol. The van der Waals surface area contributed by atoms with Crippen molar-refractivity contribution < 1.29 is 14.6 Å². The van der Waals surface area contributed by atoms with Crippen molar-refractivity contribution in [3.8, 4) is 5.75 Å². The molecule has 0 saturated heterocycles. The zero-order chi connectivity index (χ0) is 13.5. The molecule has 0 spiro atoms. The van der Waals surface area contributed by atoms with Crippen molar-refractivity contribution in [3.05, 3.63) is 29.3 Å². The first-order chi connectivity index (χ1) is 8.54. The number of hydrogen-bond donors (Lipinski definition) is 2. The molecule has 0 saturated carbocycles. The van der Waals surface area contributed by atoms with Crippen LogP contribution in [0.3, 0.4) is 0 Å². The Labute approximate surface area is 108 Å². The van der Waals surface area contributed by atoms with Gasteiger partial charge < -0.3 is 15.2 Å². The third kappa shape index (κ3) is 4.37. The van der Waals surface area contributed by atoms with Crippen LogP contribution in [0.1, 0.15) is 36.9 Å². The second kappa shape index (κ2) is 7.01. The zero-order valence-electron chi connectivity index (χ0n) is 11.2. The van der Waals surface area contributed by atoms with Crippen LogP contribution in [-0.2, 0) is 4.79 Å². The number of benzene rings is 1. The fourth-order valence-electron chi connectivity index (χ4n) is 1.84. The van der Waals surface area contributed by atoms with Gasteiger partial charge in [-0.1, -0.05) is 12.1 Å². The van der Waals surface area contributed by atoms with Gasteiger partial charge in [0.2, 0.25) is 0 Å². The van der Waals surface area contributed by atoms with Gasteiger partial charge in [-0.25, -0.2) is 0 Å². The van der Waals surface area contributed by atoms with E-state index in [9.17, 15) is 4.79 Å². The highest BCUT2D eigenvalue weighted by atomic mass is 16.5. The number of hydrogen-bond acceptors (Lipinski definition) is 3. The average Bonchev–Trinajstić information content (AvgIpc) is 2.33. The molecule has 0 amide bonds. The van der Waals surface area contributed by atoms with Crippen molar-refractivity contribution in [2.45, 2.75) is 32.7 Å². The summed E-state index contributed by atoms with van der Waals surface area (Å²) in [6.07, 6.45) is 0.832. The van der Waals surface area contributed by atoms with E-state index in [4.69, 9.17) is 9.84 Å². The van der Waals surface area contributed by atoms with Gasteiger partial charge in [0.15, 0.2) is 0 Å². The molecule has 1 aromatic rings. The lowest BCUT2D eigenvalue weighted by atomic mass is 10.0. The predicted octanol–water partition coefficient (Wildman–Crippen LogP) is 2.52. The molecule has 100 valence electrons. The van der Waals surface area contributed by atoms with E-state index in [0.29, 0.717) is 13.0 Å². The summed E-state index contributed by atoms with van der Waals surface area (Å²) < 4.78 is 5.36. The van der Waals surface area contributed by atoms with E-state index in [-0.39, 0.29) is 12.5 Å². The summed E-state index contributed by atoms with van der Waals surface area (Å²) in [6, 6.07) is 6.25. The van der Waals surface area contributed by atoms with E-state index in [1.807, 2.05) is 32.0 Å². The number of carbonyl (C=O) groups is 1. The number of aryl methyl sites for hydroxylation is 1. The molecule has 1 aromatic carbocycles. The van der Waals surface area contributed by atoms with Crippen LogP contribution in [-0.4, -0.2) is 24.7 Å². The maximum atomic E-state index is 10.4. The van der Waals surface area contributed by atoms with Gasteiger partial charge in [0, 0.05) is 18.0 Å². The topological polar surface area (TPSA) is 58.6 Å². The summed E-state index contributed by atoms with van der Waals surface area (Å²) >= 11 is 0. The summed E-state index contributed by atoms with van der Waals surface area (Å²) in [5.74, 6) is 0.116. The van der Waals surface area contributed by atoms with Gasteiger partial charge in [-0.15, -0.1) is 0 Å². The fourth-order valence-corrected chi connectivity index (χ4v) is 1.84. The first-order valence-corrected chi connectivity index (χ1v) is 6.14. The van der Waals surface area contributed by atoms with Gasteiger partial charge >= 0.3 is 5.97 Å². The quantitative estimate of drug-likeness (QED) is 0.731. The summed E-state index contributed by atoms with van der Waals surface area (Å²) in [6.45, 7) is 4.76. The molecule has 18 heavy (non-hydrogen) atoms. The Morgan fingerprint density at radius 1 is 1.50 bits per heavy atom. The normalized spacial score (nSPS) is 12.2. The Morgan fingerprint density at radius 3 is 2.83 bits per heavy atom. The van der Waals surface area contributed by atoms with Crippen LogP contribution >= 0.6 is 0 Å². The summed E-state index contributed by atoms with van der Waals surface area (Å²) in [5, 5.41) is 11.9. The molecular weight excluding hydrogens is 230 g/mol. The zero-order valence-corrected chi connectivity index (χ0v) is 11.2. The summed E-state index contributed by atoms with van der Waals surface area (Å²) in [4.78, 5) is 10.4. The van der Waals surface area contributed by atoms with Gasteiger partial charge in [-0.3, -0.25) is 4.79 Å². The van der Waals surface area contributed by atoms with Crippen LogP contribution < -0.4 is 10.1 Å². The standard InChI is InChI=1S/C14H21NO3/c1-10-6-7-12(13(9-10)18-3)11(2)15-8-4-5-14(16)17/h6-7,9,11,15H,4-5,8H2,1-3H3,(H,16,17). The Morgan fingerprint density at radius 2 is 2.22 bits per heavy atom. The van der Waals surface area contributed by atoms with Crippen molar-refractivity contribution in [2.24, 2.45) is 0 Å². The largest absolute Gasteiger partial charge is 0.496 e. The fraction of sp³-hybridized carbons (Fsp3) is 0.500. The summed E-state index contributed by atoms with van der Waals surface area (Å²) in [5.41, 5.74) is 2.26. The molecule has 0 aliphatic rings. The molecule has 0 fully saturated rings. The number of rotatable bonds is 7. The molecule has 4 heteroatoms. The first kappa shape index (κ1) is 14.5. The molecule has 0 radical (unpaired) electrons. The Bertz CT molecular complexity index is 404. The van der Waals surface area contributed by atoms with Crippen molar-refractivity contribution in [1.29, 1.82) is 0 Å². The molecule has 2 N–H and O–H groups in total. The molecule has 4 nitrogen and oxygen atoms in total. The average molecular weight is 251 g/mol. The molecule has 0 aliphatic heterocycles. The number of nitrogens with one attached hydrogen (secondary N) is 1. The predicted molar refractivity (Wildman–Crippen MR) is 71.0 cm³/mol. The van der Waals surface area contributed by atoms with Crippen molar-refractivity contribution in [3.63, 3.8) is 0 Å². The lowest BCUT2D eigenvalue weighted by molar-refractivity contribution is -0.137. The smallest absolute Gasteiger partial charge is 0.303 e. The number of ether oxygens (including phenoxy) is 1. The number of carboxylic acids is 1. The minimum Gasteiger partial charge on any atom is -0.496 e. The van der Waals surface area contributed by atoms with E-state index >= 15 is 0 Å². The molecule has 0 aliphatic carbocycles. The van der Waals surface area contributed by atoms with Crippen molar-refractivity contribution in [1.82, 2.24) is 5.32 Å². The Balaban J connectivity index is 2.55. The highest BCUT2D eigenvalue weighted by molar-refractivity contribution is 5.66. The molecular formula is C14H21NO3. The molecule has 1 atom stereocenters. The SMILES string of the molecule is COc1cc(C)ccc1C(C)NCCCC(=O)O.